The highest BCUT2D eigenvalue weighted by molar-refractivity contribution is 7.84. The molecule has 2 aromatic carbocycles. The van der Waals surface area contributed by atoms with Crippen LogP contribution in [0, 0.1) is 6.92 Å². The number of benzene rings is 2. The maximum atomic E-state index is 12.5. The first-order chi connectivity index (χ1) is 9.61. The average Bonchev–Trinajstić information content (AvgIpc) is 2.42. The highest BCUT2D eigenvalue weighted by Crippen LogP contribution is 2.25. The molecule has 0 saturated heterocycles. The maximum absolute atomic E-state index is 12.5. The highest BCUT2D eigenvalue weighted by Gasteiger charge is 2.12. The minimum absolute atomic E-state index is 0.408. The molecule has 2 rings (SSSR count). The third-order valence-electron chi connectivity index (χ3n) is 3.01. The van der Waals surface area contributed by atoms with Crippen molar-refractivity contribution in [1.29, 1.82) is 0 Å². The Morgan fingerprint density at radius 1 is 1.20 bits per heavy atom. The van der Waals surface area contributed by atoms with E-state index in [1.807, 2.05) is 50.2 Å². The minimum Gasteiger partial charge on any atom is -0.494 e. The van der Waals surface area contributed by atoms with Gasteiger partial charge in [-0.05, 0) is 43.7 Å². The van der Waals surface area contributed by atoms with E-state index in [4.69, 9.17) is 10.5 Å². The normalized spacial score (nSPS) is 12.1. The van der Waals surface area contributed by atoms with Crippen molar-refractivity contribution in [2.45, 2.75) is 24.5 Å². The zero-order valence-corrected chi connectivity index (χ0v) is 12.6. The lowest BCUT2D eigenvalue weighted by atomic mass is 10.2. The molecule has 3 nitrogen and oxygen atoms in total. The van der Waals surface area contributed by atoms with Crippen LogP contribution in [0.15, 0.2) is 47.4 Å². The Hall–Kier alpha value is -1.81. The summed E-state index contributed by atoms with van der Waals surface area (Å²) < 4.78 is 18.1. The maximum Gasteiger partial charge on any atom is 0.123 e. The Morgan fingerprint density at radius 3 is 2.65 bits per heavy atom. The van der Waals surface area contributed by atoms with Crippen molar-refractivity contribution in [2.75, 3.05) is 12.3 Å². The van der Waals surface area contributed by atoms with Crippen molar-refractivity contribution < 1.29 is 8.95 Å². The number of hydrogen-bond donors (Lipinski definition) is 1. The third-order valence-corrected chi connectivity index (χ3v) is 4.53. The van der Waals surface area contributed by atoms with Crippen LogP contribution in [0.3, 0.4) is 0 Å². The third kappa shape index (κ3) is 3.39. The van der Waals surface area contributed by atoms with Crippen LogP contribution in [0.2, 0.25) is 0 Å². The lowest BCUT2D eigenvalue weighted by molar-refractivity contribution is 0.337. The molecule has 1 atom stereocenters. The second-order valence-electron chi connectivity index (χ2n) is 4.56. The molecule has 0 radical (unpaired) electrons. The van der Waals surface area contributed by atoms with Gasteiger partial charge in [0.2, 0.25) is 0 Å². The molecule has 4 heteroatoms. The zero-order chi connectivity index (χ0) is 14.5. The van der Waals surface area contributed by atoms with Crippen LogP contribution in [0.4, 0.5) is 5.69 Å². The number of aryl methyl sites for hydroxylation is 1. The number of hydrogen-bond acceptors (Lipinski definition) is 3. The number of nitrogens with two attached hydrogens (primary N) is 1. The SMILES string of the molecule is CCOc1ccc(N)cc1CS(=O)c1ccccc1C. The molecule has 0 aromatic heterocycles. The van der Waals surface area contributed by atoms with Gasteiger partial charge in [-0.2, -0.15) is 0 Å². The van der Waals surface area contributed by atoms with E-state index in [1.54, 1.807) is 6.07 Å². The van der Waals surface area contributed by atoms with E-state index in [2.05, 4.69) is 0 Å². The lowest BCUT2D eigenvalue weighted by Crippen LogP contribution is -2.03. The first-order valence-electron chi connectivity index (χ1n) is 6.57. The smallest absolute Gasteiger partial charge is 0.123 e. The Kier molecular flexibility index (Phi) is 4.79. The van der Waals surface area contributed by atoms with Crippen molar-refractivity contribution in [3.05, 3.63) is 53.6 Å². The molecule has 2 aromatic rings. The molecule has 0 fully saturated rings. The van der Waals surface area contributed by atoms with E-state index in [0.29, 0.717) is 18.0 Å². The van der Waals surface area contributed by atoms with Gasteiger partial charge in [-0.15, -0.1) is 0 Å². The Morgan fingerprint density at radius 2 is 1.95 bits per heavy atom. The van der Waals surface area contributed by atoms with Crippen molar-refractivity contribution in [3.8, 4) is 5.75 Å². The summed E-state index contributed by atoms with van der Waals surface area (Å²) in [6, 6.07) is 13.2. The monoisotopic (exact) mass is 289 g/mol. The largest absolute Gasteiger partial charge is 0.494 e. The van der Waals surface area contributed by atoms with E-state index in [9.17, 15) is 4.21 Å². The van der Waals surface area contributed by atoms with E-state index < -0.39 is 10.8 Å². The number of nitrogen functional groups attached to an aromatic ring is 1. The van der Waals surface area contributed by atoms with Gasteiger partial charge in [0.15, 0.2) is 0 Å². The van der Waals surface area contributed by atoms with Gasteiger partial charge in [0.05, 0.1) is 23.2 Å². The summed E-state index contributed by atoms with van der Waals surface area (Å²) in [6.45, 7) is 4.47. The van der Waals surface area contributed by atoms with Crippen molar-refractivity contribution in [2.24, 2.45) is 0 Å². The van der Waals surface area contributed by atoms with Gasteiger partial charge in [0, 0.05) is 16.1 Å². The summed E-state index contributed by atoms with van der Waals surface area (Å²) in [6.07, 6.45) is 0. The van der Waals surface area contributed by atoms with Crippen molar-refractivity contribution in [1.82, 2.24) is 0 Å². The van der Waals surface area contributed by atoms with Crippen LogP contribution in [0.1, 0.15) is 18.1 Å². The average molecular weight is 289 g/mol. The van der Waals surface area contributed by atoms with Crippen molar-refractivity contribution in [3.63, 3.8) is 0 Å². The van der Waals surface area contributed by atoms with E-state index in [0.717, 1.165) is 21.8 Å². The first-order valence-corrected chi connectivity index (χ1v) is 7.89. The van der Waals surface area contributed by atoms with Crippen LogP contribution in [-0.2, 0) is 16.6 Å². The number of ether oxygens (including phenoxy) is 1. The van der Waals surface area contributed by atoms with Gasteiger partial charge in [-0.1, -0.05) is 18.2 Å². The zero-order valence-electron chi connectivity index (χ0n) is 11.8. The molecule has 1 unspecified atom stereocenters. The van der Waals surface area contributed by atoms with Crippen LogP contribution in [0.5, 0.6) is 5.75 Å². The molecule has 0 aliphatic carbocycles. The Bertz CT molecular complexity index is 626. The second-order valence-corrected chi connectivity index (χ2v) is 5.98. The summed E-state index contributed by atoms with van der Waals surface area (Å²) in [5.74, 6) is 1.16. The standard InChI is InChI=1S/C16H19NO2S/c1-3-19-15-9-8-14(17)10-13(15)11-20(18)16-7-5-4-6-12(16)2/h4-10H,3,11,17H2,1-2H3. The predicted octanol–water partition coefficient (Wildman–Crippen LogP) is 3.28. The quantitative estimate of drug-likeness (QED) is 0.859. The highest BCUT2D eigenvalue weighted by atomic mass is 32.2. The fourth-order valence-electron chi connectivity index (χ4n) is 2.04. The molecule has 0 saturated carbocycles. The van der Waals surface area contributed by atoms with Gasteiger partial charge in [0.25, 0.3) is 0 Å². The molecule has 0 heterocycles. The second kappa shape index (κ2) is 6.57. The van der Waals surface area contributed by atoms with Gasteiger partial charge in [0.1, 0.15) is 5.75 Å². The molecule has 0 amide bonds. The summed E-state index contributed by atoms with van der Waals surface area (Å²) >= 11 is 0. The van der Waals surface area contributed by atoms with Crippen LogP contribution in [0.25, 0.3) is 0 Å². The minimum atomic E-state index is -1.10. The van der Waals surface area contributed by atoms with Crippen LogP contribution in [-0.4, -0.2) is 10.8 Å². The molecule has 0 aliphatic rings. The van der Waals surface area contributed by atoms with Crippen LogP contribution < -0.4 is 10.5 Å². The van der Waals surface area contributed by atoms with E-state index in [1.165, 1.54) is 0 Å². The number of anilines is 1. The summed E-state index contributed by atoms with van der Waals surface area (Å²) in [4.78, 5) is 0.859. The fraction of sp³-hybridized carbons (Fsp3) is 0.250. The van der Waals surface area contributed by atoms with Crippen LogP contribution >= 0.6 is 0 Å². The fourth-order valence-corrected chi connectivity index (χ4v) is 3.36. The lowest BCUT2D eigenvalue weighted by Gasteiger charge is -2.12. The molecular formula is C16H19NO2S. The molecule has 0 spiro atoms. The molecule has 2 N–H and O–H groups in total. The van der Waals surface area contributed by atoms with Gasteiger partial charge < -0.3 is 10.5 Å². The molecule has 106 valence electrons. The van der Waals surface area contributed by atoms with Crippen molar-refractivity contribution >= 4 is 16.5 Å². The summed E-state index contributed by atoms with van der Waals surface area (Å²) in [5, 5.41) is 0. The molecule has 20 heavy (non-hydrogen) atoms. The number of rotatable bonds is 5. The molecule has 0 bridgehead atoms. The topological polar surface area (TPSA) is 52.3 Å². The Balaban J connectivity index is 2.27. The van der Waals surface area contributed by atoms with E-state index >= 15 is 0 Å². The Labute approximate surface area is 122 Å². The van der Waals surface area contributed by atoms with Gasteiger partial charge in [-0.3, -0.25) is 4.21 Å². The van der Waals surface area contributed by atoms with Gasteiger partial charge >= 0.3 is 0 Å². The van der Waals surface area contributed by atoms with Gasteiger partial charge in [-0.25, -0.2) is 0 Å². The summed E-state index contributed by atoms with van der Waals surface area (Å²) in [5.41, 5.74) is 8.39. The summed E-state index contributed by atoms with van der Waals surface area (Å²) in [7, 11) is -1.10. The molecule has 0 aliphatic heterocycles. The predicted molar refractivity (Wildman–Crippen MR) is 83.3 cm³/mol. The molecular weight excluding hydrogens is 270 g/mol. The first kappa shape index (κ1) is 14.6. The van der Waals surface area contributed by atoms with E-state index in [-0.39, 0.29) is 0 Å².